The van der Waals surface area contributed by atoms with E-state index in [0.717, 1.165) is 24.9 Å². The molecule has 0 saturated carbocycles. The molecule has 1 saturated heterocycles. The van der Waals surface area contributed by atoms with Crippen LogP contribution in [0.25, 0.3) is 0 Å². The second-order valence-corrected chi connectivity index (χ2v) is 7.06. The SMILES string of the molecule is Cc1ccc(S(=O)(=O)NCC[C@H]2CCCN2)c(Cl)c1. The van der Waals surface area contributed by atoms with E-state index in [1.807, 2.05) is 6.92 Å². The van der Waals surface area contributed by atoms with E-state index in [1.54, 1.807) is 18.2 Å². The zero-order valence-corrected chi connectivity index (χ0v) is 12.5. The smallest absolute Gasteiger partial charge is 0.242 e. The summed E-state index contributed by atoms with van der Waals surface area (Å²) in [5, 5.41) is 3.61. The number of rotatable bonds is 5. The maximum absolute atomic E-state index is 12.1. The van der Waals surface area contributed by atoms with Gasteiger partial charge < -0.3 is 5.32 Å². The third-order valence-electron chi connectivity index (χ3n) is 3.32. The summed E-state index contributed by atoms with van der Waals surface area (Å²) in [5.74, 6) is 0. The fourth-order valence-electron chi connectivity index (χ4n) is 2.27. The van der Waals surface area contributed by atoms with Crippen LogP contribution in [0.2, 0.25) is 5.02 Å². The maximum atomic E-state index is 12.1. The monoisotopic (exact) mass is 302 g/mol. The third kappa shape index (κ3) is 3.92. The maximum Gasteiger partial charge on any atom is 0.242 e. The van der Waals surface area contributed by atoms with Crippen LogP contribution in [0.4, 0.5) is 0 Å². The number of sulfonamides is 1. The molecule has 0 unspecified atom stereocenters. The van der Waals surface area contributed by atoms with Crippen LogP contribution in [0.5, 0.6) is 0 Å². The van der Waals surface area contributed by atoms with Gasteiger partial charge in [0.05, 0.1) is 5.02 Å². The molecule has 1 aromatic rings. The minimum absolute atomic E-state index is 0.152. The predicted molar refractivity (Wildman–Crippen MR) is 77.0 cm³/mol. The molecule has 1 aliphatic heterocycles. The largest absolute Gasteiger partial charge is 0.314 e. The minimum Gasteiger partial charge on any atom is -0.314 e. The van der Waals surface area contributed by atoms with Crippen LogP contribution in [0, 0.1) is 6.92 Å². The molecule has 0 amide bonds. The molecular weight excluding hydrogens is 284 g/mol. The highest BCUT2D eigenvalue weighted by atomic mass is 35.5. The Morgan fingerprint density at radius 1 is 1.47 bits per heavy atom. The van der Waals surface area contributed by atoms with E-state index in [9.17, 15) is 8.42 Å². The van der Waals surface area contributed by atoms with Crippen molar-refractivity contribution in [1.29, 1.82) is 0 Å². The van der Waals surface area contributed by atoms with Gasteiger partial charge in [0, 0.05) is 12.6 Å². The molecule has 1 aromatic carbocycles. The lowest BCUT2D eigenvalue weighted by molar-refractivity contribution is 0.539. The fourth-order valence-corrected chi connectivity index (χ4v) is 3.92. The van der Waals surface area contributed by atoms with Crippen molar-refractivity contribution in [2.45, 2.75) is 37.1 Å². The van der Waals surface area contributed by atoms with Gasteiger partial charge in [-0.25, -0.2) is 13.1 Å². The Morgan fingerprint density at radius 2 is 2.26 bits per heavy atom. The topological polar surface area (TPSA) is 58.2 Å². The summed E-state index contributed by atoms with van der Waals surface area (Å²) in [6, 6.07) is 5.39. The lowest BCUT2D eigenvalue weighted by Crippen LogP contribution is -2.30. The van der Waals surface area contributed by atoms with Crippen LogP contribution in [0.1, 0.15) is 24.8 Å². The number of halogens is 1. The molecule has 0 radical (unpaired) electrons. The highest BCUT2D eigenvalue weighted by molar-refractivity contribution is 7.89. The van der Waals surface area contributed by atoms with Crippen LogP contribution in [0.15, 0.2) is 23.1 Å². The first kappa shape index (κ1) is 14.8. The van der Waals surface area contributed by atoms with E-state index in [2.05, 4.69) is 10.0 Å². The van der Waals surface area contributed by atoms with Gasteiger partial charge in [-0.1, -0.05) is 17.7 Å². The van der Waals surface area contributed by atoms with Gasteiger partial charge in [0.1, 0.15) is 4.90 Å². The molecule has 0 bridgehead atoms. The number of hydrogen-bond donors (Lipinski definition) is 2. The summed E-state index contributed by atoms with van der Waals surface area (Å²) in [6.45, 7) is 3.34. The average molecular weight is 303 g/mol. The van der Waals surface area contributed by atoms with Crippen molar-refractivity contribution in [2.75, 3.05) is 13.1 Å². The third-order valence-corrected chi connectivity index (χ3v) is 5.27. The molecular formula is C13H19ClN2O2S. The summed E-state index contributed by atoms with van der Waals surface area (Å²) < 4.78 is 26.9. The summed E-state index contributed by atoms with van der Waals surface area (Å²) >= 11 is 5.99. The lowest BCUT2D eigenvalue weighted by Gasteiger charge is -2.12. The molecule has 1 atom stereocenters. The molecule has 4 nitrogen and oxygen atoms in total. The van der Waals surface area contributed by atoms with Crippen molar-refractivity contribution >= 4 is 21.6 Å². The molecule has 0 aliphatic carbocycles. The van der Waals surface area contributed by atoms with Crippen LogP contribution < -0.4 is 10.0 Å². The highest BCUT2D eigenvalue weighted by Gasteiger charge is 2.19. The number of hydrogen-bond acceptors (Lipinski definition) is 3. The molecule has 2 N–H and O–H groups in total. The summed E-state index contributed by atoms with van der Waals surface area (Å²) in [5.41, 5.74) is 0.944. The van der Waals surface area contributed by atoms with E-state index in [0.29, 0.717) is 12.6 Å². The average Bonchev–Trinajstić information content (AvgIpc) is 2.81. The van der Waals surface area contributed by atoms with Gasteiger partial charge in [0.25, 0.3) is 0 Å². The van der Waals surface area contributed by atoms with E-state index in [4.69, 9.17) is 11.6 Å². The van der Waals surface area contributed by atoms with Crippen molar-refractivity contribution in [1.82, 2.24) is 10.0 Å². The Kier molecular flexibility index (Phi) is 4.84. The summed E-state index contributed by atoms with van der Waals surface area (Å²) in [6.07, 6.45) is 3.09. The normalized spacial score (nSPS) is 19.8. The Balaban J connectivity index is 1.97. The Hall–Kier alpha value is -0.620. The number of nitrogens with one attached hydrogen (secondary N) is 2. The van der Waals surface area contributed by atoms with Crippen molar-refractivity contribution < 1.29 is 8.42 Å². The molecule has 0 spiro atoms. The van der Waals surface area contributed by atoms with Gasteiger partial charge in [0.2, 0.25) is 10.0 Å². The second kappa shape index (κ2) is 6.22. The molecule has 6 heteroatoms. The molecule has 1 aliphatic rings. The fraction of sp³-hybridized carbons (Fsp3) is 0.538. The van der Waals surface area contributed by atoms with Crippen LogP contribution in [-0.2, 0) is 10.0 Å². The Morgan fingerprint density at radius 3 is 2.89 bits per heavy atom. The zero-order chi connectivity index (χ0) is 13.9. The molecule has 1 heterocycles. The van der Waals surface area contributed by atoms with E-state index >= 15 is 0 Å². The van der Waals surface area contributed by atoms with Gasteiger partial charge in [0.15, 0.2) is 0 Å². The van der Waals surface area contributed by atoms with E-state index in [1.165, 1.54) is 6.42 Å². The Labute approximate surface area is 119 Å². The predicted octanol–water partition coefficient (Wildman–Crippen LogP) is 2.07. The van der Waals surface area contributed by atoms with Crippen molar-refractivity contribution in [3.63, 3.8) is 0 Å². The quantitative estimate of drug-likeness (QED) is 0.875. The highest BCUT2D eigenvalue weighted by Crippen LogP contribution is 2.22. The minimum atomic E-state index is -3.51. The first-order chi connectivity index (χ1) is 8.99. The molecule has 106 valence electrons. The first-order valence-electron chi connectivity index (χ1n) is 6.48. The summed E-state index contributed by atoms with van der Waals surface area (Å²) in [7, 11) is -3.51. The van der Waals surface area contributed by atoms with Gasteiger partial charge in [-0.05, 0) is 50.4 Å². The van der Waals surface area contributed by atoms with Crippen LogP contribution in [-0.4, -0.2) is 27.5 Å². The first-order valence-corrected chi connectivity index (χ1v) is 8.34. The molecule has 19 heavy (non-hydrogen) atoms. The van der Waals surface area contributed by atoms with E-state index < -0.39 is 10.0 Å². The van der Waals surface area contributed by atoms with Crippen LogP contribution in [0.3, 0.4) is 0 Å². The molecule has 0 aromatic heterocycles. The van der Waals surface area contributed by atoms with Crippen molar-refractivity contribution in [2.24, 2.45) is 0 Å². The van der Waals surface area contributed by atoms with E-state index in [-0.39, 0.29) is 9.92 Å². The number of benzene rings is 1. The second-order valence-electron chi connectivity index (χ2n) is 4.91. The van der Waals surface area contributed by atoms with Crippen molar-refractivity contribution in [3.05, 3.63) is 28.8 Å². The molecule has 2 rings (SSSR count). The zero-order valence-electron chi connectivity index (χ0n) is 10.9. The lowest BCUT2D eigenvalue weighted by atomic mass is 10.2. The molecule has 1 fully saturated rings. The number of aryl methyl sites for hydroxylation is 1. The van der Waals surface area contributed by atoms with Crippen molar-refractivity contribution in [3.8, 4) is 0 Å². The Bertz CT molecular complexity index is 540. The van der Waals surface area contributed by atoms with Gasteiger partial charge in [-0.3, -0.25) is 0 Å². The van der Waals surface area contributed by atoms with Gasteiger partial charge in [-0.15, -0.1) is 0 Å². The summed E-state index contributed by atoms with van der Waals surface area (Å²) in [4.78, 5) is 0.152. The van der Waals surface area contributed by atoms with Crippen LogP contribution >= 0.6 is 11.6 Å². The van der Waals surface area contributed by atoms with Gasteiger partial charge >= 0.3 is 0 Å². The standard InChI is InChI=1S/C13H19ClN2O2S/c1-10-4-5-13(12(14)9-10)19(17,18)16-8-6-11-3-2-7-15-11/h4-5,9,11,15-16H,2-3,6-8H2,1H3/t11-/m1/s1. The van der Waals surface area contributed by atoms with Gasteiger partial charge in [-0.2, -0.15) is 0 Å².